The van der Waals surface area contributed by atoms with Crippen molar-refractivity contribution in [3.8, 4) is 0 Å². The second-order valence-electron chi connectivity index (χ2n) is 4.60. The third kappa shape index (κ3) is 4.23. The van der Waals surface area contributed by atoms with Gasteiger partial charge in [-0.3, -0.25) is 10.1 Å². The predicted octanol–water partition coefficient (Wildman–Crippen LogP) is 4.24. The molecule has 0 radical (unpaired) electrons. The van der Waals surface area contributed by atoms with Gasteiger partial charge in [0.15, 0.2) is 0 Å². The van der Waals surface area contributed by atoms with E-state index in [9.17, 15) is 19.3 Å². The van der Waals surface area contributed by atoms with Gasteiger partial charge in [-0.2, -0.15) is 0 Å². The fraction of sp³-hybridized carbons (Fsp3) is 0.125. The molecule has 0 amide bonds. The minimum Gasteiger partial charge on any atom is -0.462 e. The molecule has 0 N–H and O–H groups in total. The van der Waals surface area contributed by atoms with E-state index in [-0.39, 0.29) is 29.1 Å². The Kier molecular flexibility index (Phi) is 5.75. The van der Waals surface area contributed by atoms with Gasteiger partial charge in [-0.25, -0.2) is 14.2 Å². The molecular formula is C16H12BrFN2O4. The van der Waals surface area contributed by atoms with E-state index in [2.05, 4.69) is 20.9 Å². The Labute approximate surface area is 145 Å². The first-order valence-corrected chi connectivity index (χ1v) is 7.66. The van der Waals surface area contributed by atoms with Crippen molar-refractivity contribution in [1.29, 1.82) is 0 Å². The fourth-order valence-electron chi connectivity index (χ4n) is 1.87. The summed E-state index contributed by atoms with van der Waals surface area (Å²) in [7, 11) is 0. The standard InChI is InChI=1S/C16H12BrFN2O4/c1-2-24-16(21)13-8-12(20(22)23)9-19-15(13)6-4-10-3-5-11(17)7-14(10)18/h3-9H,2H2,1H3/b6-4+. The number of pyridine rings is 1. The van der Waals surface area contributed by atoms with Crippen LogP contribution < -0.4 is 0 Å². The molecule has 6 nitrogen and oxygen atoms in total. The number of aromatic nitrogens is 1. The fourth-order valence-corrected chi connectivity index (χ4v) is 2.21. The van der Waals surface area contributed by atoms with Gasteiger partial charge >= 0.3 is 5.97 Å². The van der Waals surface area contributed by atoms with Crippen LogP contribution in [0.25, 0.3) is 12.2 Å². The Bertz CT molecular complexity index is 824. The van der Waals surface area contributed by atoms with E-state index in [1.165, 1.54) is 18.2 Å². The molecule has 8 heteroatoms. The van der Waals surface area contributed by atoms with E-state index >= 15 is 0 Å². The molecule has 0 aliphatic carbocycles. The highest BCUT2D eigenvalue weighted by atomic mass is 79.9. The van der Waals surface area contributed by atoms with Crippen LogP contribution in [-0.4, -0.2) is 22.5 Å². The van der Waals surface area contributed by atoms with E-state index in [0.717, 1.165) is 12.3 Å². The van der Waals surface area contributed by atoms with Crippen LogP contribution in [0.3, 0.4) is 0 Å². The summed E-state index contributed by atoms with van der Waals surface area (Å²) in [5, 5.41) is 10.8. The van der Waals surface area contributed by atoms with Crippen molar-refractivity contribution in [3.63, 3.8) is 0 Å². The monoisotopic (exact) mass is 394 g/mol. The maximum absolute atomic E-state index is 13.8. The highest BCUT2D eigenvalue weighted by Crippen LogP contribution is 2.20. The molecule has 0 saturated carbocycles. The van der Waals surface area contributed by atoms with Gasteiger partial charge in [0.1, 0.15) is 12.0 Å². The van der Waals surface area contributed by atoms with E-state index < -0.39 is 16.7 Å². The number of halogens is 2. The SMILES string of the molecule is CCOC(=O)c1cc([N+](=O)[O-])cnc1/C=C/c1ccc(Br)cc1F. The smallest absolute Gasteiger partial charge is 0.340 e. The van der Waals surface area contributed by atoms with Crippen molar-refractivity contribution in [3.05, 3.63) is 67.7 Å². The molecule has 1 heterocycles. The summed E-state index contributed by atoms with van der Waals surface area (Å²) in [5.74, 6) is -1.19. The van der Waals surface area contributed by atoms with E-state index in [1.807, 2.05) is 0 Å². The van der Waals surface area contributed by atoms with Crippen LogP contribution in [-0.2, 0) is 4.74 Å². The quantitative estimate of drug-likeness (QED) is 0.430. The summed E-state index contributed by atoms with van der Waals surface area (Å²) in [6, 6.07) is 5.60. The van der Waals surface area contributed by atoms with Crippen LogP contribution in [0, 0.1) is 15.9 Å². The number of hydrogen-bond donors (Lipinski definition) is 0. The van der Waals surface area contributed by atoms with E-state index in [0.29, 0.717) is 4.47 Å². The summed E-state index contributed by atoms with van der Waals surface area (Å²) in [6.45, 7) is 1.74. The van der Waals surface area contributed by atoms with Gasteiger partial charge in [0.2, 0.25) is 0 Å². The molecule has 0 aliphatic rings. The van der Waals surface area contributed by atoms with Gasteiger partial charge in [-0.05, 0) is 31.2 Å². The summed E-state index contributed by atoms with van der Waals surface area (Å²) < 4.78 is 19.3. The average Bonchev–Trinajstić information content (AvgIpc) is 2.54. The second-order valence-corrected chi connectivity index (χ2v) is 5.52. The van der Waals surface area contributed by atoms with Crippen molar-refractivity contribution in [1.82, 2.24) is 4.98 Å². The lowest BCUT2D eigenvalue weighted by molar-refractivity contribution is -0.385. The summed E-state index contributed by atoms with van der Waals surface area (Å²) in [5.41, 5.74) is 0.0550. The van der Waals surface area contributed by atoms with Crippen molar-refractivity contribution in [2.24, 2.45) is 0 Å². The average molecular weight is 395 g/mol. The molecule has 0 bridgehead atoms. The molecule has 1 aromatic heterocycles. The first-order chi connectivity index (χ1) is 11.4. The van der Waals surface area contributed by atoms with Gasteiger partial charge in [-0.1, -0.05) is 22.0 Å². The zero-order chi connectivity index (χ0) is 17.7. The number of esters is 1. The maximum Gasteiger partial charge on any atom is 0.340 e. The van der Waals surface area contributed by atoms with Gasteiger partial charge < -0.3 is 4.74 Å². The minimum absolute atomic E-state index is 0.0557. The summed E-state index contributed by atoms with van der Waals surface area (Å²) in [4.78, 5) is 26.1. The lowest BCUT2D eigenvalue weighted by Gasteiger charge is -2.05. The highest BCUT2D eigenvalue weighted by Gasteiger charge is 2.17. The Morgan fingerprint density at radius 1 is 1.42 bits per heavy atom. The van der Waals surface area contributed by atoms with Crippen molar-refractivity contribution in [2.45, 2.75) is 6.92 Å². The molecule has 1 aromatic carbocycles. The zero-order valence-electron chi connectivity index (χ0n) is 12.5. The largest absolute Gasteiger partial charge is 0.462 e. The molecule has 0 fully saturated rings. The topological polar surface area (TPSA) is 82.3 Å². The van der Waals surface area contributed by atoms with E-state index in [1.54, 1.807) is 19.1 Å². The van der Waals surface area contributed by atoms with Gasteiger partial charge in [0.05, 0.1) is 22.8 Å². The third-order valence-electron chi connectivity index (χ3n) is 2.99. The lowest BCUT2D eigenvalue weighted by atomic mass is 10.1. The number of carbonyl (C=O) groups is 1. The Morgan fingerprint density at radius 3 is 2.79 bits per heavy atom. The van der Waals surface area contributed by atoms with Crippen molar-refractivity contribution in [2.75, 3.05) is 6.61 Å². The zero-order valence-corrected chi connectivity index (χ0v) is 14.1. The molecule has 0 saturated heterocycles. The molecule has 0 spiro atoms. The van der Waals surface area contributed by atoms with Crippen LogP contribution in [0.4, 0.5) is 10.1 Å². The second kappa shape index (κ2) is 7.78. The molecule has 2 aromatic rings. The number of nitro groups is 1. The van der Waals surface area contributed by atoms with Crippen LogP contribution in [0.15, 0.2) is 34.9 Å². The molecular weight excluding hydrogens is 383 g/mol. The molecule has 124 valence electrons. The van der Waals surface area contributed by atoms with Gasteiger partial charge in [-0.15, -0.1) is 0 Å². The number of rotatable bonds is 5. The summed E-state index contributed by atoms with van der Waals surface area (Å²) >= 11 is 3.16. The molecule has 2 rings (SSSR count). The number of carbonyl (C=O) groups excluding carboxylic acids is 1. The predicted molar refractivity (Wildman–Crippen MR) is 89.9 cm³/mol. The van der Waals surface area contributed by atoms with Crippen molar-refractivity contribution >= 4 is 39.7 Å². The molecule has 0 aliphatic heterocycles. The first kappa shape index (κ1) is 17.7. The number of ether oxygens (including phenoxy) is 1. The van der Waals surface area contributed by atoms with Gasteiger partial charge in [0.25, 0.3) is 5.69 Å². The molecule has 24 heavy (non-hydrogen) atoms. The minimum atomic E-state index is -0.732. The van der Waals surface area contributed by atoms with E-state index in [4.69, 9.17) is 4.74 Å². The Balaban J connectivity index is 2.43. The third-order valence-corrected chi connectivity index (χ3v) is 3.49. The van der Waals surface area contributed by atoms with Crippen LogP contribution in [0.1, 0.15) is 28.5 Å². The number of hydrogen-bond acceptors (Lipinski definition) is 5. The summed E-state index contributed by atoms with van der Waals surface area (Å²) in [6.07, 6.45) is 3.86. The first-order valence-electron chi connectivity index (χ1n) is 6.87. The van der Waals surface area contributed by atoms with Crippen LogP contribution >= 0.6 is 15.9 Å². The van der Waals surface area contributed by atoms with Crippen molar-refractivity contribution < 1.29 is 18.8 Å². The lowest BCUT2D eigenvalue weighted by Crippen LogP contribution is -2.08. The van der Waals surface area contributed by atoms with Crippen LogP contribution in [0.5, 0.6) is 0 Å². The highest BCUT2D eigenvalue weighted by molar-refractivity contribution is 9.10. The Hall–Kier alpha value is -2.61. The number of nitrogens with zero attached hydrogens (tertiary/aromatic N) is 2. The molecule has 0 atom stereocenters. The number of benzene rings is 1. The van der Waals surface area contributed by atoms with Gasteiger partial charge in [0, 0.05) is 16.1 Å². The molecule has 0 unspecified atom stereocenters. The Morgan fingerprint density at radius 2 is 2.17 bits per heavy atom. The maximum atomic E-state index is 13.8. The van der Waals surface area contributed by atoms with Crippen LogP contribution in [0.2, 0.25) is 0 Å². The normalized spacial score (nSPS) is 10.8.